The van der Waals surface area contributed by atoms with Crippen LogP contribution in [0.2, 0.25) is 0 Å². The van der Waals surface area contributed by atoms with Crippen molar-refractivity contribution in [2.75, 3.05) is 31.6 Å². The predicted octanol–water partition coefficient (Wildman–Crippen LogP) is 1.42. The number of hydrogen-bond acceptors (Lipinski definition) is 4. The second kappa shape index (κ2) is 4.49. The third kappa shape index (κ3) is 2.12. The largest absolute Gasteiger partial charge is 0.478 e. The first-order valence-corrected chi connectivity index (χ1v) is 6.52. The van der Waals surface area contributed by atoms with Crippen LogP contribution in [0, 0.1) is 0 Å². The van der Waals surface area contributed by atoms with E-state index in [-0.39, 0.29) is 5.56 Å². The summed E-state index contributed by atoms with van der Waals surface area (Å²) in [6.07, 6.45) is 0.410. The molecule has 1 aromatic rings. The minimum Gasteiger partial charge on any atom is -0.478 e. The SMILES string of the molecule is CN1CCC2(C1)CN(c1cccc(C(=O)O)c1)C(=O)O2. The Bertz CT molecular complexity index is 574. The molecule has 6 nitrogen and oxygen atoms in total. The molecule has 1 unspecified atom stereocenters. The Labute approximate surface area is 116 Å². The number of carboxylic acid groups (broad SMARTS) is 1. The summed E-state index contributed by atoms with van der Waals surface area (Å²) in [5, 5.41) is 9.02. The Morgan fingerprint density at radius 1 is 1.40 bits per heavy atom. The number of amides is 1. The smallest absolute Gasteiger partial charge is 0.415 e. The van der Waals surface area contributed by atoms with E-state index in [0.717, 1.165) is 13.0 Å². The van der Waals surface area contributed by atoms with Crippen LogP contribution < -0.4 is 4.90 Å². The molecule has 20 heavy (non-hydrogen) atoms. The molecule has 3 rings (SSSR count). The van der Waals surface area contributed by atoms with Crippen molar-refractivity contribution in [3.05, 3.63) is 29.8 Å². The molecule has 1 spiro atoms. The van der Waals surface area contributed by atoms with Crippen molar-refractivity contribution in [1.29, 1.82) is 0 Å². The molecule has 0 aliphatic carbocycles. The Kier molecular flexibility index (Phi) is 2.90. The number of carbonyl (C=O) groups excluding carboxylic acids is 1. The number of rotatable bonds is 2. The number of benzene rings is 1. The van der Waals surface area contributed by atoms with Crippen molar-refractivity contribution in [2.24, 2.45) is 0 Å². The van der Waals surface area contributed by atoms with Gasteiger partial charge in [-0.15, -0.1) is 0 Å². The monoisotopic (exact) mass is 276 g/mol. The molecular formula is C14H16N2O4. The van der Waals surface area contributed by atoms with E-state index in [4.69, 9.17) is 9.84 Å². The molecule has 2 saturated heterocycles. The summed E-state index contributed by atoms with van der Waals surface area (Å²) in [6.45, 7) is 2.09. The van der Waals surface area contributed by atoms with E-state index in [0.29, 0.717) is 18.8 Å². The lowest BCUT2D eigenvalue weighted by Crippen LogP contribution is -2.37. The molecule has 0 aromatic heterocycles. The highest BCUT2D eigenvalue weighted by molar-refractivity contribution is 5.94. The van der Waals surface area contributed by atoms with Gasteiger partial charge < -0.3 is 14.7 Å². The number of likely N-dealkylation sites (tertiary alicyclic amines) is 1. The number of anilines is 1. The van der Waals surface area contributed by atoms with Crippen LogP contribution in [0.25, 0.3) is 0 Å². The zero-order valence-corrected chi connectivity index (χ0v) is 11.2. The van der Waals surface area contributed by atoms with Crippen molar-refractivity contribution >= 4 is 17.7 Å². The van der Waals surface area contributed by atoms with Crippen LogP contribution in [-0.4, -0.2) is 54.4 Å². The fourth-order valence-electron chi connectivity index (χ4n) is 2.89. The molecule has 1 aromatic carbocycles. The molecule has 2 aliphatic rings. The minimum absolute atomic E-state index is 0.166. The molecule has 2 heterocycles. The molecule has 0 saturated carbocycles. The van der Waals surface area contributed by atoms with Crippen molar-refractivity contribution in [3.8, 4) is 0 Å². The summed E-state index contributed by atoms with van der Waals surface area (Å²) < 4.78 is 5.55. The van der Waals surface area contributed by atoms with Crippen molar-refractivity contribution in [2.45, 2.75) is 12.0 Å². The predicted molar refractivity (Wildman–Crippen MR) is 72.1 cm³/mol. The van der Waals surface area contributed by atoms with Gasteiger partial charge in [-0.1, -0.05) is 6.07 Å². The first-order valence-electron chi connectivity index (χ1n) is 6.52. The van der Waals surface area contributed by atoms with Gasteiger partial charge in [-0.25, -0.2) is 9.59 Å². The molecule has 6 heteroatoms. The molecule has 1 atom stereocenters. The van der Waals surface area contributed by atoms with Crippen molar-refractivity contribution in [3.63, 3.8) is 0 Å². The van der Waals surface area contributed by atoms with Gasteiger partial charge in [0, 0.05) is 25.2 Å². The lowest BCUT2D eigenvalue weighted by Gasteiger charge is -2.20. The van der Waals surface area contributed by atoms with Gasteiger partial charge in [-0.2, -0.15) is 0 Å². The van der Waals surface area contributed by atoms with Crippen LogP contribution in [0.15, 0.2) is 24.3 Å². The Morgan fingerprint density at radius 2 is 2.20 bits per heavy atom. The van der Waals surface area contributed by atoms with Crippen LogP contribution in [0.1, 0.15) is 16.8 Å². The fourth-order valence-corrected chi connectivity index (χ4v) is 2.89. The van der Waals surface area contributed by atoms with E-state index in [1.165, 1.54) is 17.0 Å². The second-order valence-electron chi connectivity index (χ2n) is 5.48. The zero-order valence-electron chi connectivity index (χ0n) is 11.2. The van der Waals surface area contributed by atoms with E-state index in [1.807, 2.05) is 7.05 Å². The summed E-state index contributed by atoms with van der Waals surface area (Å²) in [5.41, 5.74) is 0.284. The summed E-state index contributed by atoms with van der Waals surface area (Å²) in [4.78, 5) is 26.7. The van der Waals surface area contributed by atoms with Crippen LogP contribution >= 0.6 is 0 Å². The molecule has 1 N–H and O–H groups in total. The second-order valence-corrected chi connectivity index (χ2v) is 5.48. The quantitative estimate of drug-likeness (QED) is 0.884. The first kappa shape index (κ1) is 12.9. The molecular weight excluding hydrogens is 260 g/mol. The summed E-state index contributed by atoms with van der Waals surface area (Å²) in [7, 11) is 2.00. The fraction of sp³-hybridized carbons (Fsp3) is 0.429. The third-order valence-corrected chi connectivity index (χ3v) is 3.88. The summed E-state index contributed by atoms with van der Waals surface area (Å²) in [5.74, 6) is -1.00. The van der Waals surface area contributed by atoms with Gasteiger partial charge in [0.15, 0.2) is 0 Å². The molecule has 0 bridgehead atoms. The summed E-state index contributed by atoms with van der Waals surface area (Å²) >= 11 is 0. The minimum atomic E-state index is -1.00. The van der Waals surface area contributed by atoms with E-state index in [1.54, 1.807) is 12.1 Å². The van der Waals surface area contributed by atoms with E-state index in [2.05, 4.69) is 4.90 Å². The first-order chi connectivity index (χ1) is 9.49. The normalized spacial score (nSPS) is 26.2. The van der Waals surface area contributed by atoms with Gasteiger partial charge in [0.2, 0.25) is 0 Å². The maximum absolute atomic E-state index is 12.1. The van der Waals surface area contributed by atoms with Gasteiger partial charge in [-0.05, 0) is 25.2 Å². The van der Waals surface area contributed by atoms with Crippen molar-refractivity contribution in [1.82, 2.24) is 4.90 Å². The van der Waals surface area contributed by atoms with Gasteiger partial charge >= 0.3 is 12.1 Å². The molecule has 106 valence electrons. The number of nitrogens with zero attached hydrogens (tertiary/aromatic N) is 2. The maximum atomic E-state index is 12.1. The van der Waals surface area contributed by atoms with Gasteiger partial charge in [0.1, 0.15) is 5.60 Å². The van der Waals surface area contributed by atoms with Crippen LogP contribution in [0.5, 0.6) is 0 Å². The number of carboxylic acids is 1. The highest BCUT2D eigenvalue weighted by atomic mass is 16.6. The average molecular weight is 276 g/mol. The van der Waals surface area contributed by atoms with E-state index in [9.17, 15) is 9.59 Å². The van der Waals surface area contributed by atoms with Crippen molar-refractivity contribution < 1.29 is 19.4 Å². The average Bonchev–Trinajstić information content (AvgIpc) is 2.93. The number of likely N-dealkylation sites (N-methyl/N-ethyl adjacent to an activating group) is 1. The lowest BCUT2D eigenvalue weighted by atomic mass is 10.0. The number of ether oxygens (including phenoxy) is 1. The molecule has 1 amide bonds. The van der Waals surface area contributed by atoms with Crippen LogP contribution in [0.4, 0.5) is 10.5 Å². The zero-order chi connectivity index (χ0) is 14.3. The highest BCUT2D eigenvalue weighted by Gasteiger charge is 2.49. The topological polar surface area (TPSA) is 70.1 Å². The Balaban J connectivity index is 1.86. The highest BCUT2D eigenvalue weighted by Crippen LogP contribution is 2.34. The lowest BCUT2D eigenvalue weighted by molar-refractivity contribution is 0.0656. The standard InChI is InChI=1S/C14H16N2O4/c1-15-6-5-14(8-15)9-16(13(19)20-14)11-4-2-3-10(7-11)12(17)18/h2-4,7H,5-6,8-9H2,1H3,(H,17,18). The van der Waals surface area contributed by atoms with Crippen LogP contribution in [-0.2, 0) is 4.74 Å². The Morgan fingerprint density at radius 3 is 2.85 bits per heavy atom. The third-order valence-electron chi connectivity index (χ3n) is 3.88. The Hall–Kier alpha value is -2.08. The molecule has 2 aliphatic heterocycles. The molecule has 2 fully saturated rings. The number of hydrogen-bond donors (Lipinski definition) is 1. The number of carbonyl (C=O) groups is 2. The van der Waals surface area contributed by atoms with E-state index >= 15 is 0 Å². The van der Waals surface area contributed by atoms with Crippen LogP contribution in [0.3, 0.4) is 0 Å². The van der Waals surface area contributed by atoms with Gasteiger partial charge in [0.25, 0.3) is 0 Å². The van der Waals surface area contributed by atoms with E-state index < -0.39 is 17.7 Å². The molecule has 0 radical (unpaired) electrons. The van der Waals surface area contributed by atoms with Gasteiger partial charge in [0.05, 0.1) is 12.1 Å². The van der Waals surface area contributed by atoms with Gasteiger partial charge in [-0.3, -0.25) is 4.90 Å². The summed E-state index contributed by atoms with van der Waals surface area (Å²) in [6, 6.07) is 6.37. The number of aromatic carboxylic acids is 1. The maximum Gasteiger partial charge on any atom is 0.415 e.